The van der Waals surface area contributed by atoms with Crippen LogP contribution in [0, 0.1) is 0 Å². The van der Waals surface area contributed by atoms with Gasteiger partial charge in [-0.05, 0) is 92.2 Å². The van der Waals surface area contributed by atoms with E-state index in [0.29, 0.717) is 0 Å². The average Bonchev–Trinajstić information content (AvgIpc) is 3.16. The first-order chi connectivity index (χ1) is 23.3. The number of nitrogens with zero attached hydrogens (tertiary/aromatic N) is 1. The third-order valence-corrected chi connectivity index (χ3v) is 8.85. The zero-order valence-corrected chi connectivity index (χ0v) is 26.0. The van der Waals surface area contributed by atoms with E-state index in [-0.39, 0.29) is 0 Å². The van der Waals surface area contributed by atoms with Gasteiger partial charge in [-0.25, -0.2) is 0 Å². The first-order valence-electron chi connectivity index (χ1n) is 16.1. The van der Waals surface area contributed by atoms with Gasteiger partial charge in [0.2, 0.25) is 0 Å². The van der Waals surface area contributed by atoms with Crippen molar-refractivity contribution in [3.63, 3.8) is 0 Å². The van der Waals surface area contributed by atoms with Crippen LogP contribution < -0.4 is 4.90 Å². The van der Waals surface area contributed by atoms with Crippen molar-refractivity contribution in [3.05, 3.63) is 200 Å². The minimum Gasteiger partial charge on any atom is -0.310 e. The van der Waals surface area contributed by atoms with Crippen molar-refractivity contribution in [2.75, 3.05) is 4.90 Å². The lowest BCUT2D eigenvalue weighted by Gasteiger charge is -2.28. The Kier molecular flexibility index (Phi) is 7.63. The summed E-state index contributed by atoms with van der Waals surface area (Å²) in [6, 6.07) is 71.8. The lowest BCUT2D eigenvalue weighted by Crippen LogP contribution is -2.11. The maximum absolute atomic E-state index is 2.38. The Bertz CT molecular complexity index is 2290. The molecule has 0 aliphatic carbocycles. The zero-order valence-electron chi connectivity index (χ0n) is 26.0. The molecule has 0 saturated carbocycles. The van der Waals surface area contributed by atoms with Crippen LogP contribution >= 0.6 is 0 Å². The fraction of sp³-hybridized carbons (Fsp3) is 0. The second kappa shape index (κ2) is 12.7. The monoisotopic (exact) mass is 599 g/mol. The van der Waals surface area contributed by atoms with Gasteiger partial charge >= 0.3 is 0 Å². The van der Waals surface area contributed by atoms with Gasteiger partial charge in [0.25, 0.3) is 0 Å². The molecule has 47 heavy (non-hydrogen) atoms. The third kappa shape index (κ3) is 5.83. The van der Waals surface area contributed by atoms with Crippen molar-refractivity contribution in [3.8, 4) is 44.5 Å². The van der Waals surface area contributed by atoms with Crippen LogP contribution in [-0.2, 0) is 0 Å². The van der Waals surface area contributed by atoms with Gasteiger partial charge in [-0.1, -0.05) is 158 Å². The molecule has 0 fully saturated rings. The summed E-state index contributed by atoms with van der Waals surface area (Å²) >= 11 is 0. The number of hydrogen-bond donors (Lipinski definition) is 0. The topological polar surface area (TPSA) is 3.24 Å². The first kappa shape index (κ1) is 28.3. The van der Waals surface area contributed by atoms with Gasteiger partial charge in [-0.2, -0.15) is 0 Å². The van der Waals surface area contributed by atoms with Crippen LogP contribution in [0.5, 0.6) is 0 Å². The van der Waals surface area contributed by atoms with Crippen molar-refractivity contribution in [1.82, 2.24) is 0 Å². The maximum Gasteiger partial charge on any atom is 0.0540 e. The molecular weight excluding hydrogens is 567 g/mol. The number of para-hydroxylation sites is 1. The molecule has 0 atom stereocenters. The highest BCUT2D eigenvalue weighted by Crippen LogP contribution is 2.42. The van der Waals surface area contributed by atoms with E-state index in [0.717, 1.165) is 17.1 Å². The van der Waals surface area contributed by atoms with Gasteiger partial charge in [0.15, 0.2) is 0 Å². The molecule has 0 unspecified atom stereocenters. The second-order valence-electron chi connectivity index (χ2n) is 11.8. The Hall–Kier alpha value is -6.18. The van der Waals surface area contributed by atoms with Gasteiger partial charge in [0.05, 0.1) is 5.69 Å². The first-order valence-corrected chi connectivity index (χ1v) is 16.1. The summed E-state index contributed by atoms with van der Waals surface area (Å²) in [4.78, 5) is 2.38. The second-order valence-corrected chi connectivity index (χ2v) is 11.8. The van der Waals surface area contributed by atoms with E-state index in [2.05, 4.69) is 205 Å². The number of rotatable bonds is 7. The summed E-state index contributed by atoms with van der Waals surface area (Å²) in [6.07, 6.45) is 0. The maximum atomic E-state index is 2.38. The van der Waals surface area contributed by atoms with Gasteiger partial charge < -0.3 is 4.90 Å². The number of fused-ring (bicyclic) bond motifs is 1. The van der Waals surface area contributed by atoms with Gasteiger partial charge in [-0.15, -0.1) is 0 Å². The van der Waals surface area contributed by atoms with Crippen molar-refractivity contribution >= 4 is 27.8 Å². The summed E-state index contributed by atoms with van der Waals surface area (Å²) in [5, 5.41) is 2.52. The van der Waals surface area contributed by atoms with Crippen molar-refractivity contribution < 1.29 is 0 Å². The summed E-state index contributed by atoms with van der Waals surface area (Å²) in [5.41, 5.74) is 12.9. The van der Waals surface area contributed by atoms with E-state index in [1.54, 1.807) is 0 Å². The highest BCUT2D eigenvalue weighted by atomic mass is 15.1. The minimum absolute atomic E-state index is 1.10. The SMILES string of the molecule is c1ccc(-c2cccc(N(c3ccc(-c4cccc(-c5ccc6ccccc6c5)c4)cc3)c3ccccc3-c3ccccc3)c2)cc1. The van der Waals surface area contributed by atoms with Crippen molar-refractivity contribution in [2.45, 2.75) is 0 Å². The van der Waals surface area contributed by atoms with Crippen LogP contribution in [-0.4, -0.2) is 0 Å². The van der Waals surface area contributed by atoms with Crippen LogP contribution in [0.4, 0.5) is 17.1 Å². The molecule has 0 aliphatic rings. The molecule has 0 N–H and O–H groups in total. The fourth-order valence-corrected chi connectivity index (χ4v) is 6.46. The molecule has 222 valence electrons. The molecular formula is C46H33N. The Balaban J connectivity index is 1.21. The minimum atomic E-state index is 1.10. The normalized spacial score (nSPS) is 11.0. The van der Waals surface area contributed by atoms with E-state index in [4.69, 9.17) is 0 Å². The molecule has 8 rings (SSSR count). The molecule has 0 radical (unpaired) electrons. The van der Waals surface area contributed by atoms with E-state index in [9.17, 15) is 0 Å². The van der Waals surface area contributed by atoms with E-state index < -0.39 is 0 Å². The predicted molar refractivity (Wildman–Crippen MR) is 200 cm³/mol. The molecule has 1 nitrogen and oxygen atoms in total. The van der Waals surface area contributed by atoms with Crippen molar-refractivity contribution in [2.24, 2.45) is 0 Å². The summed E-state index contributed by atoms with van der Waals surface area (Å²) in [6.45, 7) is 0. The van der Waals surface area contributed by atoms with Crippen LogP contribution in [0.3, 0.4) is 0 Å². The van der Waals surface area contributed by atoms with Crippen LogP contribution in [0.15, 0.2) is 200 Å². The number of hydrogen-bond acceptors (Lipinski definition) is 1. The molecule has 0 aliphatic heterocycles. The van der Waals surface area contributed by atoms with E-state index >= 15 is 0 Å². The molecule has 0 bridgehead atoms. The standard InChI is InChI=1S/C46H33N/c1-3-13-34(14-4-1)41-21-12-22-44(33-41)47(46-24-10-9-23-45(46)37-16-5-2-6-17-37)43-29-27-36(28-30-43)39-19-11-20-40(31-39)42-26-25-35-15-7-8-18-38(35)32-42/h1-33H. The zero-order chi connectivity index (χ0) is 31.4. The van der Waals surface area contributed by atoms with E-state index in [1.165, 1.54) is 55.3 Å². The molecule has 0 amide bonds. The van der Waals surface area contributed by atoms with Gasteiger partial charge in [0, 0.05) is 16.9 Å². The lowest BCUT2D eigenvalue weighted by atomic mass is 9.97. The number of benzene rings is 8. The highest BCUT2D eigenvalue weighted by molar-refractivity contribution is 5.90. The summed E-state index contributed by atoms with van der Waals surface area (Å²) in [5.74, 6) is 0. The molecule has 8 aromatic rings. The average molecular weight is 600 g/mol. The van der Waals surface area contributed by atoms with Crippen LogP contribution in [0.25, 0.3) is 55.3 Å². The Morgan fingerprint density at radius 2 is 0.766 bits per heavy atom. The Morgan fingerprint density at radius 3 is 1.53 bits per heavy atom. The quantitative estimate of drug-likeness (QED) is 0.176. The van der Waals surface area contributed by atoms with Crippen LogP contribution in [0.2, 0.25) is 0 Å². The van der Waals surface area contributed by atoms with E-state index in [1.807, 2.05) is 0 Å². The Labute approximate surface area is 276 Å². The van der Waals surface area contributed by atoms with Crippen LogP contribution in [0.1, 0.15) is 0 Å². The molecule has 8 aromatic carbocycles. The molecule has 0 spiro atoms. The largest absolute Gasteiger partial charge is 0.310 e. The molecule has 0 saturated heterocycles. The molecule has 1 heteroatoms. The molecule has 0 aromatic heterocycles. The third-order valence-electron chi connectivity index (χ3n) is 8.85. The lowest BCUT2D eigenvalue weighted by molar-refractivity contribution is 1.28. The van der Waals surface area contributed by atoms with Crippen molar-refractivity contribution in [1.29, 1.82) is 0 Å². The molecule has 0 heterocycles. The Morgan fingerprint density at radius 1 is 0.255 bits per heavy atom. The summed E-state index contributed by atoms with van der Waals surface area (Å²) in [7, 11) is 0. The van der Waals surface area contributed by atoms with Gasteiger partial charge in [-0.3, -0.25) is 0 Å². The highest BCUT2D eigenvalue weighted by Gasteiger charge is 2.18. The number of anilines is 3. The smallest absolute Gasteiger partial charge is 0.0540 e. The predicted octanol–water partition coefficient (Wildman–Crippen LogP) is 13.0. The van der Waals surface area contributed by atoms with Gasteiger partial charge in [0.1, 0.15) is 0 Å². The summed E-state index contributed by atoms with van der Waals surface area (Å²) < 4.78 is 0. The fourth-order valence-electron chi connectivity index (χ4n) is 6.46.